The van der Waals surface area contributed by atoms with E-state index in [-0.39, 0.29) is 19.4 Å². The molecule has 0 unspecified atom stereocenters. The maximum absolute atomic E-state index is 12.1. The average molecular weight is 197 g/mol. The van der Waals surface area contributed by atoms with Crippen LogP contribution in [-0.4, -0.2) is 29.8 Å². The second-order valence-corrected chi connectivity index (χ2v) is 3.11. The fraction of sp³-hybridized carbons (Fsp3) is 0.857. The van der Waals surface area contributed by atoms with E-state index in [2.05, 4.69) is 5.32 Å². The third-order valence-electron chi connectivity index (χ3n) is 2.15. The van der Waals surface area contributed by atoms with E-state index in [4.69, 9.17) is 5.11 Å². The minimum atomic E-state index is -4.34. The van der Waals surface area contributed by atoms with Crippen LogP contribution in [0.1, 0.15) is 12.8 Å². The quantitative estimate of drug-likeness (QED) is 0.659. The molecule has 1 aliphatic rings. The molecule has 6 heteroatoms. The molecule has 0 aromatic carbocycles. The Bertz CT molecular complexity index is 204. The summed E-state index contributed by atoms with van der Waals surface area (Å²) in [7, 11) is 0. The van der Waals surface area contributed by atoms with E-state index in [9.17, 15) is 18.0 Å². The average Bonchev–Trinajstić information content (AvgIpc) is 2.03. The minimum absolute atomic E-state index is 0.112. The maximum atomic E-state index is 12.1. The molecule has 1 heterocycles. The van der Waals surface area contributed by atoms with Crippen LogP contribution in [0.3, 0.4) is 0 Å². The molecule has 0 bridgehead atoms. The molecule has 0 aromatic heterocycles. The highest BCUT2D eigenvalue weighted by molar-refractivity contribution is 5.70. The molecule has 0 spiro atoms. The number of alkyl halides is 3. The smallest absolute Gasteiger partial charge is 0.403 e. The first-order chi connectivity index (χ1) is 5.91. The number of piperidine rings is 1. The van der Waals surface area contributed by atoms with Crippen LogP contribution in [0.25, 0.3) is 0 Å². The Balaban J connectivity index is 2.57. The Kier molecular flexibility index (Phi) is 2.80. The second kappa shape index (κ2) is 3.53. The molecule has 2 N–H and O–H groups in total. The van der Waals surface area contributed by atoms with Crippen molar-refractivity contribution in [2.24, 2.45) is 5.92 Å². The summed E-state index contributed by atoms with van der Waals surface area (Å²) in [6.45, 7) is 0.112. The summed E-state index contributed by atoms with van der Waals surface area (Å²) in [6, 6.07) is -1.66. The minimum Gasteiger partial charge on any atom is -0.481 e. The Morgan fingerprint density at radius 2 is 2.08 bits per heavy atom. The molecular formula is C7H10F3NO2. The van der Waals surface area contributed by atoms with Gasteiger partial charge in [0.05, 0.1) is 5.92 Å². The Morgan fingerprint density at radius 1 is 1.46 bits per heavy atom. The first-order valence-electron chi connectivity index (χ1n) is 3.94. The number of aliphatic carboxylic acids is 1. The molecule has 13 heavy (non-hydrogen) atoms. The second-order valence-electron chi connectivity index (χ2n) is 3.11. The first kappa shape index (κ1) is 10.3. The van der Waals surface area contributed by atoms with Crippen LogP contribution in [0.4, 0.5) is 13.2 Å². The van der Waals surface area contributed by atoms with Gasteiger partial charge in [-0.2, -0.15) is 13.2 Å². The van der Waals surface area contributed by atoms with E-state index in [1.165, 1.54) is 0 Å². The van der Waals surface area contributed by atoms with Crippen molar-refractivity contribution in [3.8, 4) is 0 Å². The fourth-order valence-electron chi connectivity index (χ4n) is 1.39. The Hall–Kier alpha value is -0.780. The molecule has 1 aliphatic heterocycles. The number of carbonyl (C=O) groups is 1. The van der Waals surface area contributed by atoms with Crippen LogP contribution in [0.5, 0.6) is 0 Å². The van der Waals surface area contributed by atoms with Crippen LogP contribution in [0.15, 0.2) is 0 Å². The molecule has 0 saturated carbocycles. The van der Waals surface area contributed by atoms with E-state index < -0.39 is 24.1 Å². The van der Waals surface area contributed by atoms with Crippen molar-refractivity contribution in [1.29, 1.82) is 0 Å². The zero-order valence-electron chi connectivity index (χ0n) is 6.77. The number of hydrogen-bond donors (Lipinski definition) is 2. The molecule has 2 atom stereocenters. The van der Waals surface area contributed by atoms with Gasteiger partial charge in [-0.15, -0.1) is 0 Å². The maximum Gasteiger partial charge on any atom is 0.403 e. The Morgan fingerprint density at radius 3 is 2.54 bits per heavy atom. The van der Waals surface area contributed by atoms with Crippen LogP contribution in [0, 0.1) is 5.92 Å². The van der Waals surface area contributed by atoms with E-state index >= 15 is 0 Å². The molecule has 1 fully saturated rings. The largest absolute Gasteiger partial charge is 0.481 e. The van der Waals surface area contributed by atoms with Crippen molar-refractivity contribution in [3.05, 3.63) is 0 Å². The lowest BCUT2D eigenvalue weighted by Crippen LogP contribution is -2.48. The van der Waals surface area contributed by atoms with Gasteiger partial charge >= 0.3 is 12.1 Å². The van der Waals surface area contributed by atoms with Crippen molar-refractivity contribution < 1.29 is 23.1 Å². The number of hydrogen-bond acceptors (Lipinski definition) is 2. The number of rotatable bonds is 1. The summed E-state index contributed by atoms with van der Waals surface area (Å²) in [4.78, 5) is 10.4. The van der Waals surface area contributed by atoms with Gasteiger partial charge in [-0.1, -0.05) is 0 Å². The molecule has 1 rings (SSSR count). The lowest BCUT2D eigenvalue weighted by atomic mass is 9.92. The summed E-state index contributed by atoms with van der Waals surface area (Å²) in [5, 5.41) is 10.8. The number of nitrogens with one attached hydrogen (secondary N) is 1. The van der Waals surface area contributed by atoms with Crippen LogP contribution >= 0.6 is 0 Å². The predicted molar refractivity (Wildman–Crippen MR) is 38.2 cm³/mol. The molecule has 0 radical (unpaired) electrons. The third-order valence-corrected chi connectivity index (χ3v) is 2.15. The topological polar surface area (TPSA) is 49.3 Å². The van der Waals surface area contributed by atoms with Gasteiger partial charge in [0.15, 0.2) is 0 Å². The summed E-state index contributed by atoms with van der Waals surface area (Å²) in [5.74, 6) is -2.01. The third kappa shape index (κ3) is 2.58. The standard InChI is InChI=1S/C7H10F3NO2/c8-7(9,10)5-3-4(6(12)13)1-2-11-5/h4-5,11H,1-3H2,(H,12,13)/t4-,5+/m1/s1. The molecule has 0 amide bonds. The number of carboxylic acids is 1. The van der Waals surface area contributed by atoms with Crippen LogP contribution in [0.2, 0.25) is 0 Å². The van der Waals surface area contributed by atoms with Gasteiger partial charge in [0.2, 0.25) is 0 Å². The lowest BCUT2D eigenvalue weighted by molar-refractivity contribution is -0.168. The number of carboxylic acid groups (broad SMARTS) is 1. The van der Waals surface area contributed by atoms with Crippen molar-refractivity contribution in [2.75, 3.05) is 6.54 Å². The molecular weight excluding hydrogens is 187 g/mol. The summed E-state index contributed by atoms with van der Waals surface area (Å²) in [6.07, 6.45) is -4.44. The van der Waals surface area contributed by atoms with Crippen molar-refractivity contribution in [1.82, 2.24) is 5.32 Å². The first-order valence-corrected chi connectivity index (χ1v) is 3.94. The van der Waals surface area contributed by atoms with Gasteiger partial charge in [-0.25, -0.2) is 0 Å². The van der Waals surface area contributed by atoms with E-state index in [1.54, 1.807) is 0 Å². The van der Waals surface area contributed by atoms with E-state index in [0.717, 1.165) is 0 Å². The fourth-order valence-corrected chi connectivity index (χ4v) is 1.39. The zero-order chi connectivity index (χ0) is 10.1. The molecule has 76 valence electrons. The SMILES string of the molecule is O=C(O)[C@@H]1CCN[C@H](C(F)(F)F)C1. The van der Waals surface area contributed by atoms with E-state index in [1.807, 2.05) is 0 Å². The van der Waals surface area contributed by atoms with Crippen molar-refractivity contribution >= 4 is 5.97 Å². The van der Waals surface area contributed by atoms with Crippen molar-refractivity contribution in [2.45, 2.75) is 25.1 Å². The highest BCUT2D eigenvalue weighted by atomic mass is 19.4. The van der Waals surface area contributed by atoms with Gasteiger partial charge in [0.25, 0.3) is 0 Å². The molecule has 3 nitrogen and oxygen atoms in total. The summed E-state index contributed by atoms with van der Waals surface area (Å²) < 4.78 is 36.4. The van der Waals surface area contributed by atoms with Gasteiger partial charge in [-0.3, -0.25) is 4.79 Å². The molecule has 0 aliphatic carbocycles. The van der Waals surface area contributed by atoms with E-state index in [0.29, 0.717) is 0 Å². The van der Waals surface area contributed by atoms with Gasteiger partial charge < -0.3 is 10.4 Å². The van der Waals surface area contributed by atoms with Gasteiger partial charge in [-0.05, 0) is 19.4 Å². The lowest BCUT2D eigenvalue weighted by Gasteiger charge is -2.29. The monoisotopic (exact) mass is 197 g/mol. The van der Waals surface area contributed by atoms with Crippen molar-refractivity contribution in [3.63, 3.8) is 0 Å². The Labute approximate surface area is 72.9 Å². The van der Waals surface area contributed by atoms with Crippen LogP contribution in [-0.2, 0) is 4.79 Å². The van der Waals surface area contributed by atoms with Crippen LogP contribution < -0.4 is 5.32 Å². The van der Waals surface area contributed by atoms with Gasteiger partial charge in [0.1, 0.15) is 6.04 Å². The number of halogens is 3. The predicted octanol–water partition coefficient (Wildman–Crippen LogP) is 1.00. The highest BCUT2D eigenvalue weighted by Crippen LogP contribution is 2.28. The molecule has 0 aromatic rings. The normalized spacial score (nSPS) is 30.1. The van der Waals surface area contributed by atoms with Gasteiger partial charge in [0, 0.05) is 0 Å². The molecule has 1 saturated heterocycles. The summed E-state index contributed by atoms with van der Waals surface area (Å²) in [5.41, 5.74) is 0. The summed E-state index contributed by atoms with van der Waals surface area (Å²) >= 11 is 0. The zero-order valence-corrected chi connectivity index (χ0v) is 6.77. The highest BCUT2D eigenvalue weighted by Gasteiger charge is 2.43.